The van der Waals surface area contributed by atoms with E-state index in [4.69, 9.17) is 5.73 Å². The van der Waals surface area contributed by atoms with E-state index < -0.39 is 0 Å². The Labute approximate surface area is 123 Å². The quantitative estimate of drug-likeness (QED) is 0.694. The summed E-state index contributed by atoms with van der Waals surface area (Å²) < 4.78 is 0. The lowest BCUT2D eigenvalue weighted by atomic mass is 10.0. The van der Waals surface area contributed by atoms with Crippen LogP contribution in [0.1, 0.15) is 39.1 Å². The first-order valence-electron chi connectivity index (χ1n) is 6.89. The molecule has 4 heteroatoms. The lowest BCUT2D eigenvalue weighted by molar-refractivity contribution is 0.0647. The summed E-state index contributed by atoms with van der Waals surface area (Å²) in [6, 6.07) is 14.8. The van der Waals surface area contributed by atoms with Gasteiger partial charge in [-0.3, -0.25) is 14.5 Å². The summed E-state index contributed by atoms with van der Waals surface area (Å²) in [5.74, 6) is -0.476. The molecule has 1 unspecified atom stereocenters. The molecule has 0 fully saturated rings. The number of nitrogens with two attached hydrogens (primary N) is 1. The average Bonchev–Trinajstić information content (AvgIpc) is 2.74. The van der Waals surface area contributed by atoms with Crippen molar-refractivity contribution < 1.29 is 9.59 Å². The number of hydrogen-bond acceptors (Lipinski definition) is 3. The Bertz CT molecular complexity index is 710. The van der Waals surface area contributed by atoms with Crippen molar-refractivity contribution in [3.8, 4) is 0 Å². The summed E-state index contributed by atoms with van der Waals surface area (Å²) in [5, 5.41) is 0. The van der Waals surface area contributed by atoms with Gasteiger partial charge in [0.15, 0.2) is 0 Å². The van der Waals surface area contributed by atoms with Crippen LogP contribution in [-0.2, 0) is 0 Å². The van der Waals surface area contributed by atoms with Crippen molar-refractivity contribution >= 4 is 17.5 Å². The molecule has 1 heterocycles. The number of carbonyl (C=O) groups is 2. The molecule has 2 N–H and O–H groups in total. The second-order valence-electron chi connectivity index (χ2n) is 5.30. The Kier molecular flexibility index (Phi) is 3.22. The van der Waals surface area contributed by atoms with Crippen LogP contribution in [0.15, 0.2) is 48.5 Å². The highest BCUT2D eigenvalue weighted by Crippen LogP contribution is 2.29. The normalized spacial score (nSPS) is 15.2. The van der Waals surface area contributed by atoms with Crippen molar-refractivity contribution in [3.63, 3.8) is 0 Å². The van der Waals surface area contributed by atoms with Crippen LogP contribution in [0.25, 0.3) is 0 Å². The van der Waals surface area contributed by atoms with Crippen molar-refractivity contribution in [1.82, 2.24) is 4.90 Å². The lowest BCUT2D eigenvalue weighted by Crippen LogP contribution is -2.33. The fourth-order valence-electron chi connectivity index (χ4n) is 2.69. The predicted octanol–water partition coefficient (Wildman–Crippen LogP) is 2.67. The van der Waals surface area contributed by atoms with E-state index >= 15 is 0 Å². The van der Waals surface area contributed by atoms with Gasteiger partial charge in [0.25, 0.3) is 11.8 Å². The number of rotatable bonds is 3. The van der Waals surface area contributed by atoms with Gasteiger partial charge in [0.2, 0.25) is 0 Å². The number of carbonyl (C=O) groups excluding carboxylic acids is 2. The number of imide groups is 1. The molecule has 4 nitrogen and oxygen atoms in total. The Morgan fingerprint density at radius 2 is 1.71 bits per heavy atom. The third-order valence-corrected chi connectivity index (χ3v) is 3.86. The van der Waals surface area contributed by atoms with E-state index in [1.807, 2.05) is 37.3 Å². The third-order valence-electron chi connectivity index (χ3n) is 3.86. The lowest BCUT2D eigenvalue weighted by Gasteiger charge is -2.19. The third kappa shape index (κ3) is 2.18. The molecule has 3 rings (SSSR count). The fraction of sp³-hybridized carbons (Fsp3) is 0.176. The Morgan fingerprint density at radius 1 is 1.00 bits per heavy atom. The molecule has 106 valence electrons. The molecule has 0 bridgehead atoms. The van der Waals surface area contributed by atoms with Crippen LogP contribution >= 0.6 is 0 Å². The predicted molar refractivity (Wildman–Crippen MR) is 81.1 cm³/mol. The van der Waals surface area contributed by atoms with Crippen molar-refractivity contribution in [3.05, 3.63) is 65.2 Å². The zero-order chi connectivity index (χ0) is 15.0. The molecular formula is C17H16N2O2. The summed E-state index contributed by atoms with van der Waals surface area (Å²) in [6.07, 6.45) is 0. The van der Waals surface area contributed by atoms with Crippen LogP contribution in [0.5, 0.6) is 0 Å². The van der Waals surface area contributed by atoms with Gasteiger partial charge in [-0.05, 0) is 23.6 Å². The standard InChI is InChI=1S/C17H16N2O2/c1-11(12-6-3-2-4-7-12)10-19-16(20)13-8-5-9-14(18)15(13)17(19)21/h2-9,11H,10,18H2,1H3. The first-order valence-corrected chi connectivity index (χ1v) is 6.89. The number of nitrogen functional groups attached to an aromatic ring is 1. The summed E-state index contributed by atoms with van der Waals surface area (Å²) in [6.45, 7) is 2.36. The fourth-order valence-corrected chi connectivity index (χ4v) is 2.69. The van der Waals surface area contributed by atoms with Gasteiger partial charge in [-0.15, -0.1) is 0 Å². The van der Waals surface area contributed by atoms with Gasteiger partial charge in [0.05, 0.1) is 11.1 Å². The van der Waals surface area contributed by atoms with E-state index in [2.05, 4.69) is 0 Å². The maximum absolute atomic E-state index is 12.4. The highest BCUT2D eigenvalue weighted by Gasteiger charge is 2.37. The molecule has 0 saturated heterocycles. The number of nitrogens with zero attached hydrogens (tertiary/aromatic N) is 1. The molecular weight excluding hydrogens is 264 g/mol. The minimum Gasteiger partial charge on any atom is -0.398 e. The van der Waals surface area contributed by atoms with Crippen LogP contribution in [0.3, 0.4) is 0 Å². The molecule has 1 atom stereocenters. The average molecular weight is 280 g/mol. The van der Waals surface area contributed by atoms with E-state index in [9.17, 15) is 9.59 Å². The first-order chi connectivity index (χ1) is 10.1. The topological polar surface area (TPSA) is 63.4 Å². The molecule has 0 spiro atoms. The van der Waals surface area contributed by atoms with Crippen molar-refractivity contribution in [2.75, 3.05) is 12.3 Å². The minimum atomic E-state index is -0.295. The van der Waals surface area contributed by atoms with Crippen LogP contribution in [-0.4, -0.2) is 23.3 Å². The van der Waals surface area contributed by atoms with E-state index in [1.54, 1.807) is 18.2 Å². The molecule has 1 aliphatic heterocycles. The maximum Gasteiger partial charge on any atom is 0.263 e. The Hall–Kier alpha value is -2.62. The highest BCUT2D eigenvalue weighted by atomic mass is 16.2. The molecule has 2 aromatic carbocycles. The molecule has 0 aliphatic carbocycles. The maximum atomic E-state index is 12.4. The van der Waals surface area contributed by atoms with Crippen molar-refractivity contribution in [1.29, 1.82) is 0 Å². The molecule has 2 amide bonds. The molecule has 0 aromatic heterocycles. The monoisotopic (exact) mass is 280 g/mol. The second kappa shape index (κ2) is 5.05. The minimum absolute atomic E-state index is 0.0784. The molecule has 2 aromatic rings. The van der Waals surface area contributed by atoms with E-state index in [0.29, 0.717) is 23.4 Å². The summed E-state index contributed by atoms with van der Waals surface area (Å²) in [4.78, 5) is 26.1. The Balaban J connectivity index is 1.87. The van der Waals surface area contributed by atoms with Crippen molar-refractivity contribution in [2.24, 2.45) is 0 Å². The summed E-state index contributed by atoms with van der Waals surface area (Å²) in [7, 11) is 0. The SMILES string of the molecule is CC(CN1C(=O)c2cccc(N)c2C1=O)c1ccccc1. The van der Waals surface area contributed by atoms with Crippen molar-refractivity contribution in [2.45, 2.75) is 12.8 Å². The van der Waals surface area contributed by atoms with Gasteiger partial charge >= 0.3 is 0 Å². The zero-order valence-electron chi connectivity index (χ0n) is 11.7. The Morgan fingerprint density at radius 3 is 2.38 bits per heavy atom. The highest BCUT2D eigenvalue weighted by molar-refractivity contribution is 6.23. The van der Waals surface area contributed by atoms with Crippen LogP contribution < -0.4 is 5.73 Å². The number of anilines is 1. The smallest absolute Gasteiger partial charge is 0.263 e. The van der Waals surface area contributed by atoms with Crippen LogP contribution in [0, 0.1) is 0 Å². The summed E-state index contributed by atoms with van der Waals surface area (Å²) in [5.41, 5.74) is 8.03. The molecule has 21 heavy (non-hydrogen) atoms. The molecule has 0 radical (unpaired) electrons. The number of benzene rings is 2. The van der Waals surface area contributed by atoms with Gasteiger partial charge in [0.1, 0.15) is 0 Å². The van der Waals surface area contributed by atoms with E-state index in [-0.39, 0.29) is 17.7 Å². The van der Waals surface area contributed by atoms with Gasteiger partial charge in [0, 0.05) is 12.2 Å². The first kappa shape index (κ1) is 13.4. The summed E-state index contributed by atoms with van der Waals surface area (Å²) >= 11 is 0. The van der Waals surface area contributed by atoms with Crippen LogP contribution in [0.4, 0.5) is 5.69 Å². The number of fused-ring (bicyclic) bond motifs is 1. The van der Waals surface area contributed by atoms with Gasteiger partial charge in [-0.25, -0.2) is 0 Å². The van der Waals surface area contributed by atoms with Crippen LogP contribution in [0.2, 0.25) is 0 Å². The molecule has 0 saturated carbocycles. The van der Waals surface area contributed by atoms with Gasteiger partial charge in [-0.1, -0.05) is 43.3 Å². The number of hydrogen-bond donors (Lipinski definition) is 1. The number of amides is 2. The largest absolute Gasteiger partial charge is 0.398 e. The molecule has 1 aliphatic rings. The van der Waals surface area contributed by atoms with E-state index in [0.717, 1.165) is 5.56 Å². The van der Waals surface area contributed by atoms with Gasteiger partial charge < -0.3 is 5.73 Å². The van der Waals surface area contributed by atoms with Gasteiger partial charge in [-0.2, -0.15) is 0 Å². The second-order valence-corrected chi connectivity index (χ2v) is 5.30. The van der Waals surface area contributed by atoms with E-state index in [1.165, 1.54) is 4.90 Å². The zero-order valence-corrected chi connectivity index (χ0v) is 11.7.